The van der Waals surface area contributed by atoms with Crippen molar-refractivity contribution < 1.29 is 18.8 Å². The van der Waals surface area contributed by atoms with Crippen molar-refractivity contribution in [1.29, 1.82) is 0 Å². The Morgan fingerprint density at radius 3 is 2.73 bits per heavy atom. The zero-order chi connectivity index (χ0) is 23.4. The number of carbonyl (C=O) groups excluding carboxylic acids is 2. The highest BCUT2D eigenvalue weighted by molar-refractivity contribution is 6.32. The van der Waals surface area contributed by atoms with Crippen LogP contribution in [0.1, 0.15) is 37.1 Å². The maximum atomic E-state index is 12.9. The summed E-state index contributed by atoms with van der Waals surface area (Å²) in [5.41, 5.74) is 2.34. The number of halogens is 1. The molecule has 0 spiro atoms. The Bertz CT molecular complexity index is 1150. The zero-order valence-electron chi connectivity index (χ0n) is 18.5. The fourth-order valence-corrected chi connectivity index (χ4v) is 4.22. The van der Waals surface area contributed by atoms with Crippen LogP contribution in [0.4, 0.5) is 5.69 Å². The molecule has 172 valence electrons. The van der Waals surface area contributed by atoms with E-state index in [1.54, 1.807) is 31.4 Å². The minimum absolute atomic E-state index is 0.0120. The SMILES string of the molecule is COc1ccc(CC(=O)N2CCCC(c3nc(-c4ccc(NC(C)=O)cc4)no3)C2)cc1Cl. The summed E-state index contributed by atoms with van der Waals surface area (Å²) >= 11 is 6.19. The van der Waals surface area contributed by atoms with E-state index in [-0.39, 0.29) is 24.2 Å². The molecule has 1 aromatic heterocycles. The summed E-state index contributed by atoms with van der Waals surface area (Å²) in [4.78, 5) is 30.5. The van der Waals surface area contributed by atoms with Gasteiger partial charge in [-0.05, 0) is 54.8 Å². The van der Waals surface area contributed by atoms with Gasteiger partial charge in [0.15, 0.2) is 0 Å². The van der Waals surface area contributed by atoms with Crippen molar-refractivity contribution in [3.63, 3.8) is 0 Å². The number of benzene rings is 2. The molecule has 1 atom stereocenters. The summed E-state index contributed by atoms with van der Waals surface area (Å²) in [5, 5.41) is 7.33. The largest absolute Gasteiger partial charge is 0.495 e. The van der Waals surface area contributed by atoms with Crippen LogP contribution in [0.3, 0.4) is 0 Å². The van der Waals surface area contributed by atoms with Gasteiger partial charge in [-0.1, -0.05) is 22.8 Å². The molecule has 8 nitrogen and oxygen atoms in total. The van der Waals surface area contributed by atoms with Gasteiger partial charge in [0, 0.05) is 31.3 Å². The number of nitrogens with one attached hydrogen (secondary N) is 1. The number of aromatic nitrogens is 2. The van der Waals surface area contributed by atoms with E-state index in [1.165, 1.54) is 6.92 Å². The molecule has 4 rings (SSSR count). The first-order chi connectivity index (χ1) is 15.9. The summed E-state index contributed by atoms with van der Waals surface area (Å²) in [6.07, 6.45) is 2.01. The highest BCUT2D eigenvalue weighted by Crippen LogP contribution is 2.29. The molecule has 9 heteroatoms. The number of likely N-dealkylation sites (tertiary alicyclic amines) is 1. The topological polar surface area (TPSA) is 97.6 Å². The number of rotatable bonds is 6. The Morgan fingerprint density at radius 1 is 1.24 bits per heavy atom. The van der Waals surface area contributed by atoms with Gasteiger partial charge in [0.1, 0.15) is 5.75 Å². The lowest BCUT2D eigenvalue weighted by atomic mass is 9.97. The molecule has 0 radical (unpaired) electrons. The number of amides is 2. The van der Waals surface area contributed by atoms with Crippen LogP contribution in [0.2, 0.25) is 5.02 Å². The van der Waals surface area contributed by atoms with Crippen molar-refractivity contribution in [3.05, 3.63) is 58.9 Å². The summed E-state index contributed by atoms with van der Waals surface area (Å²) in [7, 11) is 1.56. The van der Waals surface area contributed by atoms with Crippen LogP contribution in [-0.4, -0.2) is 47.1 Å². The second kappa shape index (κ2) is 10.0. The number of methoxy groups -OCH3 is 1. The second-order valence-corrected chi connectivity index (χ2v) is 8.45. The Kier molecular flexibility index (Phi) is 6.93. The molecule has 2 amide bonds. The molecule has 33 heavy (non-hydrogen) atoms. The average Bonchev–Trinajstić information content (AvgIpc) is 3.30. The third-order valence-electron chi connectivity index (χ3n) is 5.60. The molecule has 1 aliphatic rings. The number of ether oxygens (including phenoxy) is 1. The van der Waals surface area contributed by atoms with Crippen molar-refractivity contribution in [2.24, 2.45) is 0 Å². The highest BCUT2D eigenvalue weighted by atomic mass is 35.5. The quantitative estimate of drug-likeness (QED) is 0.579. The predicted octanol–water partition coefficient (Wildman–Crippen LogP) is 4.31. The van der Waals surface area contributed by atoms with Crippen LogP contribution in [0.15, 0.2) is 47.0 Å². The lowest BCUT2D eigenvalue weighted by Crippen LogP contribution is -2.40. The molecule has 3 aromatic rings. The van der Waals surface area contributed by atoms with Crippen LogP contribution >= 0.6 is 11.6 Å². The Morgan fingerprint density at radius 2 is 2.03 bits per heavy atom. The van der Waals surface area contributed by atoms with E-state index in [0.29, 0.717) is 41.3 Å². The van der Waals surface area contributed by atoms with Gasteiger partial charge >= 0.3 is 0 Å². The minimum Gasteiger partial charge on any atom is -0.495 e. The van der Waals surface area contributed by atoms with E-state index < -0.39 is 0 Å². The van der Waals surface area contributed by atoms with Crippen molar-refractivity contribution >= 4 is 29.1 Å². The van der Waals surface area contributed by atoms with Gasteiger partial charge in [-0.2, -0.15) is 4.98 Å². The fourth-order valence-electron chi connectivity index (χ4n) is 3.94. The van der Waals surface area contributed by atoms with Crippen LogP contribution < -0.4 is 10.1 Å². The Hall–Kier alpha value is -3.39. The molecule has 1 aliphatic heterocycles. The van der Waals surface area contributed by atoms with Gasteiger partial charge < -0.3 is 19.5 Å². The van der Waals surface area contributed by atoms with Crippen molar-refractivity contribution in [3.8, 4) is 17.1 Å². The van der Waals surface area contributed by atoms with E-state index >= 15 is 0 Å². The summed E-state index contributed by atoms with van der Waals surface area (Å²) in [6.45, 7) is 2.69. The molecule has 0 saturated carbocycles. The lowest BCUT2D eigenvalue weighted by molar-refractivity contribution is -0.131. The first-order valence-electron chi connectivity index (χ1n) is 10.7. The molecular weight excluding hydrogens is 444 g/mol. The highest BCUT2D eigenvalue weighted by Gasteiger charge is 2.28. The molecular formula is C24H25ClN4O4. The first kappa shape index (κ1) is 22.8. The van der Waals surface area contributed by atoms with Gasteiger partial charge in [0.05, 0.1) is 24.5 Å². The Balaban J connectivity index is 1.40. The third kappa shape index (κ3) is 5.51. The summed E-state index contributed by atoms with van der Waals surface area (Å²) in [5.74, 6) is 1.49. The van der Waals surface area contributed by atoms with Gasteiger partial charge in [0.2, 0.25) is 23.5 Å². The van der Waals surface area contributed by atoms with Crippen LogP contribution in [0, 0.1) is 0 Å². The van der Waals surface area contributed by atoms with Crippen molar-refractivity contribution in [2.45, 2.75) is 32.1 Å². The maximum absolute atomic E-state index is 12.9. The summed E-state index contributed by atoms with van der Waals surface area (Å²) in [6, 6.07) is 12.6. The number of carbonyl (C=O) groups is 2. The molecule has 0 bridgehead atoms. The normalized spacial score (nSPS) is 15.8. The molecule has 2 heterocycles. The third-order valence-corrected chi connectivity index (χ3v) is 5.90. The van der Waals surface area contributed by atoms with Gasteiger partial charge in [0.25, 0.3) is 0 Å². The second-order valence-electron chi connectivity index (χ2n) is 8.04. The Labute approximate surface area is 196 Å². The fraction of sp³-hybridized carbons (Fsp3) is 0.333. The molecule has 2 aromatic carbocycles. The average molecular weight is 469 g/mol. The number of anilines is 1. The molecule has 1 unspecified atom stereocenters. The van der Waals surface area contributed by atoms with Gasteiger partial charge in [-0.3, -0.25) is 9.59 Å². The van der Waals surface area contributed by atoms with E-state index in [4.69, 9.17) is 20.9 Å². The van der Waals surface area contributed by atoms with Crippen LogP contribution in [0.5, 0.6) is 5.75 Å². The minimum atomic E-state index is -0.129. The molecule has 1 saturated heterocycles. The predicted molar refractivity (Wildman–Crippen MR) is 124 cm³/mol. The van der Waals surface area contributed by atoms with E-state index in [9.17, 15) is 9.59 Å². The summed E-state index contributed by atoms with van der Waals surface area (Å²) < 4.78 is 10.7. The zero-order valence-corrected chi connectivity index (χ0v) is 19.3. The van der Waals surface area contributed by atoms with E-state index in [2.05, 4.69) is 15.5 Å². The van der Waals surface area contributed by atoms with Crippen molar-refractivity contribution in [1.82, 2.24) is 15.0 Å². The molecule has 1 N–H and O–H groups in total. The van der Waals surface area contributed by atoms with Crippen LogP contribution in [-0.2, 0) is 16.0 Å². The molecule has 1 fully saturated rings. The van der Waals surface area contributed by atoms with E-state index in [1.807, 2.05) is 23.1 Å². The van der Waals surface area contributed by atoms with E-state index in [0.717, 1.165) is 24.0 Å². The van der Waals surface area contributed by atoms with Crippen LogP contribution in [0.25, 0.3) is 11.4 Å². The lowest BCUT2D eigenvalue weighted by Gasteiger charge is -2.31. The number of piperidine rings is 1. The van der Waals surface area contributed by atoms with Gasteiger partial charge in [-0.25, -0.2) is 0 Å². The monoisotopic (exact) mass is 468 g/mol. The smallest absolute Gasteiger partial charge is 0.231 e. The number of hydrogen-bond donors (Lipinski definition) is 1. The first-order valence-corrected chi connectivity index (χ1v) is 11.1. The number of nitrogens with zero attached hydrogens (tertiary/aromatic N) is 3. The van der Waals surface area contributed by atoms with Crippen molar-refractivity contribution in [2.75, 3.05) is 25.5 Å². The number of hydrogen-bond acceptors (Lipinski definition) is 6. The maximum Gasteiger partial charge on any atom is 0.231 e. The molecule has 0 aliphatic carbocycles. The van der Waals surface area contributed by atoms with Gasteiger partial charge in [-0.15, -0.1) is 0 Å². The standard InChI is InChI=1S/C24H25ClN4O4/c1-15(30)26-19-8-6-17(7-9-19)23-27-24(33-28-23)18-4-3-11-29(14-18)22(31)13-16-5-10-21(32-2)20(25)12-16/h5-10,12,18H,3-4,11,13-14H2,1-2H3,(H,26,30).